The normalized spacial score (nSPS) is 29.8. The minimum Gasteiger partial charge on any atom is -0.426 e. The van der Waals surface area contributed by atoms with Gasteiger partial charge in [0.25, 0.3) is 0 Å². The molecule has 3 heteroatoms. The number of rotatable bonds is 6. The lowest BCUT2D eigenvalue weighted by molar-refractivity contribution is -0.140. The van der Waals surface area contributed by atoms with Gasteiger partial charge in [-0.15, -0.1) is 0 Å². The third kappa shape index (κ3) is 4.58. The van der Waals surface area contributed by atoms with Gasteiger partial charge in [0.05, 0.1) is 5.92 Å². The Labute approximate surface area is 144 Å². The quantitative estimate of drug-likeness (QED) is 0.489. The summed E-state index contributed by atoms with van der Waals surface area (Å²) in [7, 11) is 0. The van der Waals surface area contributed by atoms with Crippen molar-refractivity contribution in [1.29, 1.82) is 0 Å². The lowest BCUT2D eigenvalue weighted by Gasteiger charge is -2.36. The zero-order chi connectivity index (χ0) is 16.9. The van der Waals surface area contributed by atoms with Gasteiger partial charge < -0.3 is 4.74 Å². The highest BCUT2D eigenvalue weighted by Crippen LogP contribution is 2.41. The van der Waals surface area contributed by atoms with Crippen LogP contribution in [0.4, 0.5) is 4.39 Å². The van der Waals surface area contributed by atoms with Crippen LogP contribution in [0.15, 0.2) is 24.3 Å². The van der Waals surface area contributed by atoms with Gasteiger partial charge >= 0.3 is 5.97 Å². The maximum atomic E-state index is 12.9. The average Bonchev–Trinajstić information content (AvgIpc) is 2.56. The highest BCUT2D eigenvalue weighted by atomic mass is 19.1. The van der Waals surface area contributed by atoms with Crippen molar-refractivity contribution in [1.82, 2.24) is 0 Å². The fourth-order valence-electron chi connectivity index (χ4n) is 4.30. The van der Waals surface area contributed by atoms with E-state index < -0.39 is 0 Å². The van der Waals surface area contributed by atoms with Crippen LogP contribution in [0.1, 0.15) is 64.7 Å². The van der Waals surface area contributed by atoms with Crippen molar-refractivity contribution in [3.8, 4) is 5.75 Å². The number of hydrogen-bond donors (Lipinski definition) is 0. The number of ether oxygens (including phenoxy) is 1. The largest absolute Gasteiger partial charge is 0.426 e. The lowest BCUT2D eigenvalue weighted by Crippen LogP contribution is -2.27. The Balaban J connectivity index is 1.35. The molecule has 1 aromatic rings. The van der Waals surface area contributed by atoms with Crippen molar-refractivity contribution in [2.45, 2.75) is 64.7 Å². The molecule has 0 saturated heterocycles. The van der Waals surface area contributed by atoms with E-state index in [1.807, 2.05) is 0 Å². The fraction of sp³-hybridized carbons (Fsp3) is 0.667. The molecule has 0 amide bonds. The van der Waals surface area contributed by atoms with E-state index in [0.717, 1.165) is 43.4 Å². The molecule has 2 saturated carbocycles. The highest BCUT2D eigenvalue weighted by Gasteiger charge is 2.30. The molecular weight excluding hydrogens is 303 g/mol. The Morgan fingerprint density at radius 3 is 2.25 bits per heavy atom. The van der Waals surface area contributed by atoms with Crippen LogP contribution in [0.3, 0.4) is 0 Å². The number of carbonyl (C=O) groups excluding carboxylic acids is 1. The minimum absolute atomic E-state index is 0.0134. The summed E-state index contributed by atoms with van der Waals surface area (Å²) >= 11 is 0. The minimum atomic E-state index is -0.313. The van der Waals surface area contributed by atoms with Gasteiger partial charge in [0.2, 0.25) is 0 Å². The summed E-state index contributed by atoms with van der Waals surface area (Å²) in [6.07, 6.45) is 11.1. The monoisotopic (exact) mass is 332 g/mol. The van der Waals surface area contributed by atoms with Gasteiger partial charge in [-0.05, 0) is 80.5 Å². The fourth-order valence-corrected chi connectivity index (χ4v) is 4.30. The summed E-state index contributed by atoms with van der Waals surface area (Å²) in [6.45, 7) is 2.30. The van der Waals surface area contributed by atoms with Crippen LogP contribution in [0.5, 0.6) is 5.75 Å². The van der Waals surface area contributed by atoms with E-state index in [9.17, 15) is 9.18 Å². The van der Waals surface area contributed by atoms with Crippen LogP contribution in [0.25, 0.3) is 0 Å². The van der Waals surface area contributed by atoms with Crippen LogP contribution in [0.2, 0.25) is 0 Å². The maximum absolute atomic E-state index is 12.9. The van der Waals surface area contributed by atoms with E-state index in [1.54, 1.807) is 0 Å². The van der Waals surface area contributed by atoms with Gasteiger partial charge in [-0.1, -0.05) is 26.2 Å². The van der Waals surface area contributed by atoms with E-state index in [1.165, 1.54) is 56.4 Å². The first kappa shape index (κ1) is 17.4. The molecule has 2 aliphatic carbocycles. The van der Waals surface area contributed by atoms with E-state index in [0.29, 0.717) is 5.75 Å². The summed E-state index contributed by atoms with van der Waals surface area (Å²) in [4.78, 5) is 12.2. The van der Waals surface area contributed by atoms with Crippen LogP contribution >= 0.6 is 0 Å². The molecule has 0 aliphatic heterocycles. The molecular formula is C21H29FO2. The molecule has 2 nitrogen and oxygen atoms in total. The molecule has 0 N–H and O–H groups in total. The summed E-state index contributed by atoms with van der Waals surface area (Å²) in [5, 5.41) is 0. The van der Waals surface area contributed by atoms with Gasteiger partial charge in [0.15, 0.2) is 0 Å². The van der Waals surface area contributed by atoms with Crippen LogP contribution in [-0.4, -0.2) is 5.97 Å². The Hall–Kier alpha value is -1.38. The lowest BCUT2D eigenvalue weighted by atomic mass is 9.70. The second-order valence-electron chi connectivity index (χ2n) is 7.78. The Morgan fingerprint density at radius 1 is 1.00 bits per heavy atom. The second kappa shape index (κ2) is 8.13. The van der Waals surface area contributed by atoms with Crippen molar-refractivity contribution in [2.75, 3.05) is 0 Å². The number of carbonyl (C=O) groups is 1. The number of esters is 1. The van der Waals surface area contributed by atoms with E-state index in [-0.39, 0.29) is 17.7 Å². The number of benzene rings is 1. The van der Waals surface area contributed by atoms with Gasteiger partial charge in [0, 0.05) is 0 Å². The first-order chi connectivity index (χ1) is 11.6. The van der Waals surface area contributed by atoms with Crippen molar-refractivity contribution in [3.63, 3.8) is 0 Å². The smallest absolute Gasteiger partial charge is 0.314 e. The van der Waals surface area contributed by atoms with E-state index in [2.05, 4.69) is 6.92 Å². The van der Waals surface area contributed by atoms with Gasteiger partial charge in [-0.2, -0.15) is 0 Å². The van der Waals surface area contributed by atoms with E-state index in [4.69, 9.17) is 4.74 Å². The first-order valence-electron chi connectivity index (χ1n) is 9.61. The zero-order valence-corrected chi connectivity index (χ0v) is 14.7. The van der Waals surface area contributed by atoms with Crippen molar-refractivity contribution in [3.05, 3.63) is 30.1 Å². The first-order valence-corrected chi connectivity index (χ1v) is 9.61. The Morgan fingerprint density at radius 2 is 1.62 bits per heavy atom. The predicted molar refractivity (Wildman–Crippen MR) is 93.2 cm³/mol. The molecule has 132 valence electrons. The SMILES string of the molecule is CC[C@H]1C[C@H](CCC2CCC(C(=O)Oc3ccc(F)cc3)CC2)C1. The Bertz CT molecular complexity index is 525. The molecule has 0 aromatic heterocycles. The van der Waals surface area contributed by atoms with Gasteiger partial charge in [-0.25, -0.2) is 4.39 Å². The summed E-state index contributed by atoms with van der Waals surface area (Å²) in [6, 6.07) is 5.67. The van der Waals surface area contributed by atoms with Crippen molar-refractivity contribution >= 4 is 5.97 Å². The van der Waals surface area contributed by atoms with Gasteiger partial charge in [-0.3, -0.25) is 4.79 Å². The highest BCUT2D eigenvalue weighted by molar-refractivity contribution is 5.75. The van der Waals surface area contributed by atoms with Crippen molar-refractivity contribution in [2.24, 2.45) is 23.7 Å². The third-order valence-electron chi connectivity index (χ3n) is 6.11. The van der Waals surface area contributed by atoms with Crippen LogP contribution < -0.4 is 4.74 Å². The van der Waals surface area contributed by atoms with Crippen LogP contribution in [0, 0.1) is 29.5 Å². The molecule has 1 aromatic carbocycles. The summed E-state index contributed by atoms with van der Waals surface area (Å²) < 4.78 is 18.3. The van der Waals surface area contributed by atoms with Gasteiger partial charge in [0.1, 0.15) is 11.6 Å². The molecule has 0 atom stereocenters. The van der Waals surface area contributed by atoms with Crippen molar-refractivity contribution < 1.29 is 13.9 Å². The van der Waals surface area contributed by atoms with E-state index >= 15 is 0 Å². The molecule has 3 rings (SSSR count). The number of halogens is 1. The molecule has 0 unspecified atom stereocenters. The maximum Gasteiger partial charge on any atom is 0.314 e. The number of hydrogen-bond acceptors (Lipinski definition) is 2. The second-order valence-corrected chi connectivity index (χ2v) is 7.78. The zero-order valence-electron chi connectivity index (χ0n) is 14.7. The topological polar surface area (TPSA) is 26.3 Å². The molecule has 2 fully saturated rings. The molecule has 2 aliphatic rings. The summed E-state index contributed by atoms with van der Waals surface area (Å²) in [5.74, 6) is 2.75. The van der Waals surface area contributed by atoms with Crippen LogP contribution in [-0.2, 0) is 4.79 Å². The average molecular weight is 332 g/mol. The molecule has 24 heavy (non-hydrogen) atoms. The molecule has 0 bridgehead atoms. The summed E-state index contributed by atoms with van der Waals surface area (Å²) in [5.41, 5.74) is 0. The molecule has 0 heterocycles. The third-order valence-corrected chi connectivity index (χ3v) is 6.11. The molecule has 0 radical (unpaired) electrons. The Kier molecular flexibility index (Phi) is 5.91. The standard InChI is InChI=1S/C21H29FO2/c1-2-15-13-17(14-15)4-3-16-5-7-18(8-6-16)21(23)24-20-11-9-19(22)10-12-20/h9-12,15-18H,2-8,13-14H2,1H3/t15-,16?,17-,18?. The predicted octanol–water partition coefficient (Wildman–Crippen LogP) is 5.75. The molecule has 0 spiro atoms.